The van der Waals surface area contributed by atoms with E-state index in [0.29, 0.717) is 6.04 Å². The topological polar surface area (TPSA) is 41.6 Å². The van der Waals surface area contributed by atoms with E-state index in [9.17, 15) is 4.79 Å². The molecular weight excluding hydrogens is 276 g/mol. The summed E-state index contributed by atoms with van der Waals surface area (Å²) in [6.45, 7) is 8.63. The van der Waals surface area contributed by atoms with Gasteiger partial charge < -0.3 is 15.0 Å². The van der Waals surface area contributed by atoms with Crippen molar-refractivity contribution in [1.29, 1.82) is 0 Å². The van der Waals surface area contributed by atoms with Crippen LogP contribution in [0, 0.1) is 13.8 Å². The second-order valence-corrected chi connectivity index (χ2v) is 5.25. The van der Waals surface area contributed by atoms with Crippen LogP contribution in [-0.2, 0) is 4.79 Å². The highest BCUT2D eigenvalue weighted by Gasteiger charge is 2.20. The molecule has 0 bridgehead atoms. The maximum atomic E-state index is 12.1. The molecule has 1 aromatic carbocycles. The third-order valence-electron chi connectivity index (χ3n) is 3.40. The first kappa shape index (κ1) is 16.8. The molecule has 20 heavy (non-hydrogen) atoms. The number of carbonyl (C=O) groups excluding carboxylic acids is 1. The average Bonchev–Trinajstić information content (AvgIpc) is 2.37. The smallest absolute Gasteiger partial charge is 0.260 e. The molecule has 0 aliphatic carbocycles. The predicted molar refractivity (Wildman–Crippen MR) is 82.7 cm³/mol. The Kier molecular flexibility index (Phi) is 6.30. The molecule has 5 heteroatoms. The summed E-state index contributed by atoms with van der Waals surface area (Å²) in [4.78, 5) is 13.9. The van der Waals surface area contributed by atoms with E-state index in [-0.39, 0.29) is 24.9 Å². The van der Waals surface area contributed by atoms with Gasteiger partial charge in [-0.15, -0.1) is 12.4 Å². The van der Waals surface area contributed by atoms with E-state index >= 15 is 0 Å². The molecule has 2 rings (SSSR count). The number of hydrogen-bond donors (Lipinski definition) is 1. The lowest BCUT2D eigenvalue weighted by molar-refractivity contribution is -0.134. The normalized spacial score (nSPS) is 18.4. The first-order valence-corrected chi connectivity index (χ1v) is 6.77. The average molecular weight is 299 g/mol. The van der Waals surface area contributed by atoms with Crippen LogP contribution in [-0.4, -0.2) is 43.1 Å². The van der Waals surface area contributed by atoms with E-state index in [1.165, 1.54) is 5.56 Å². The molecule has 0 spiro atoms. The van der Waals surface area contributed by atoms with Gasteiger partial charge in [-0.2, -0.15) is 0 Å². The minimum atomic E-state index is 0. The molecule has 1 aromatic rings. The molecular formula is C15H23ClN2O2. The lowest BCUT2D eigenvalue weighted by Gasteiger charge is -2.31. The van der Waals surface area contributed by atoms with Crippen LogP contribution < -0.4 is 10.1 Å². The maximum Gasteiger partial charge on any atom is 0.260 e. The number of hydrogen-bond acceptors (Lipinski definition) is 3. The van der Waals surface area contributed by atoms with E-state index in [1.807, 2.05) is 30.9 Å². The number of benzene rings is 1. The zero-order chi connectivity index (χ0) is 13.8. The van der Waals surface area contributed by atoms with E-state index < -0.39 is 0 Å². The number of nitrogens with one attached hydrogen (secondary N) is 1. The van der Waals surface area contributed by atoms with Crippen LogP contribution in [0.15, 0.2) is 18.2 Å². The van der Waals surface area contributed by atoms with Crippen LogP contribution in [0.4, 0.5) is 0 Å². The molecule has 1 aliphatic heterocycles. The highest BCUT2D eigenvalue weighted by Crippen LogP contribution is 2.18. The Balaban J connectivity index is 0.00000200. The summed E-state index contributed by atoms with van der Waals surface area (Å²) in [5, 5.41) is 3.32. The number of carbonyl (C=O) groups is 1. The Morgan fingerprint density at radius 3 is 2.85 bits per heavy atom. The molecule has 4 nitrogen and oxygen atoms in total. The molecule has 1 N–H and O–H groups in total. The van der Waals surface area contributed by atoms with Crippen molar-refractivity contribution < 1.29 is 9.53 Å². The molecule has 1 saturated heterocycles. The quantitative estimate of drug-likeness (QED) is 0.927. The van der Waals surface area contributed by atoms with E-state index in [0.717, 1.165) is 30.9 Å². The number of piperazine rings is 1. The zero-order valence-electron chi connectivity index (χ0n) is 12.3. The molecule has 1 heterocycles. The summed E-state index contributed by atoms with van der Waals surface area (Å²) < 4.78 is 5.63. The van der Waals surface area contributed by atoms with Crippen molar-refractivity contribution in [3.05, 3.63) is 29.3 Å². The van der Waals surface area contributed by atoms with E-state index in [1.54, 1.807) is 0 Å². The van der Waals surface area contributed by atoms with Gasteiger partial charge >= 0.3 is 0 Å². The van der Waals surface area contributed by atoms with Gasteiger partial charge in [0.05, 0.1) is 0 Å². The van der Waals surface area contributed by atoms with Gasteiger partial charge in [0.2, 0.25) is 0 Å². The molecule has 0 radical (unpaired) electrons. The summed E-state index contributed by atoms with van der Waals surface area (Å²) in [6.07, 6.45) is 0. The molecule has 1 atom stereocenters. The Labute approximate surface area is 126 Å². The molecule has 1 unspecified atom stereocenters. The highest BCUT2D eigenvalue weighted by molar-refractivity contribution is 5.85. The lowest BCUT2D eigenvalue weighted by atomic mass is 10.1. The van der Waals surface area contributed by atoms with E-state index in [2.05, 4.69) is 18.3 Å². The van der Waals surface area contributed by atoms with Gasteiger partial charge in [-0.05, 0) is 32.4 Å². The molecule has 1 fully saturated rings. The van der Waals surface area contributed by atoms with Crippen LogP contribution in [0.2, 0.25) is 0 Å². The van der Waals surface area contributed by atoms with Gasteiger partial charge in [-0.3, -0.25) is 4.79 Å². The van der Waals surface area contributed by atoms with Gasteiger partial charge in [0.15, 0.2) is 6.61 Å². The molecule has 112 valence electrons. The molecule has 0 saturated carbocycles. The summed E-state index contributed by atoms with van der Waals surface area (Å²) >= 11 is 0. The van der Waals surface area contributed by atoms with Crippen molar-refractivity contribution in [1.82, 2.24) is 10.2 Å². The monoisotopic (exact) mass is 298 g/mol. The second kappa shape index (κ2) is 7.50. The summed E-state index contributed by atoms with van der Waals surface area (Å²) in [6, 6.07) is 6.35. The number of amides is 1. The Hall–Kier alpha value is -1.26. The van der Waals surface area contributed by atoms with Crippen LogP contribution in [0.5, 0.6) is 5.75 Å². The Morgan fingerprint density at radius 2 is 2.20 bits per heavy atom. The number of nitrogens with zero attached hydrogens (tertiary/aromatic N) is 1. The van der Waals surface area contributed by atoms with Crippen molar-refractivity contribution in [3.8, 4) is 5.75 Å². The molecule has 0 aromatic heterocycles. The van der Waals surface area contributed by atoms with E-state index in [4.69, 9.17) is 4.74 Å². The number of halogens is 1. The first-order chi connectivity index (χ1) is 9.06. The fourth-order valence-electron chi connectivity index (χ4n) is 2.35. The largest absolute Gasteiger partial charge is 0.484 e. The number of rotatable bonds is 3. The van der Waals surface area contributed by atoms with Crippen LogP contribution in [0.3, 0.4) is 0 Å². The summed E-state index contributed by atoms with van der Waals surface area (Å²) in [7, 11) is 0. The SMILES string of the molecule is Cc1ccc(OCC(=O)N2CCNC(C)C2)c(C)c1.Cl. The van der Waals surface area contributed by atoms with Crippen LogP contribution in [0.1, 0.15) is 18.1 Å². The predicted octanol–water partition coefficient (Wildman–Crippen LogP) is 1.92. The van der Waals surface area contributed by atoms with Crippen molar-refractivity contribution in [2.45, 2.75) is 26.8 Å². The van der Waals surface area contributed by atoms with Crippen molar-refractivity contribution >= 4 is 18.3 Å². The van der Waals surface area contributed by atoms with Gasteiger partial charge in [0.25, 0.3) is 5.91 Å². The Bertz CT molecular complexity index is 465. The third-order valence-corrected chi connectivity index (χ3v) is 3.40. The first-order valence-electron chi connectivity index (χ1n) is 6.77. The number of aryl methyl sites for hydroxylation is 2. The maximum absolute atomic E-state index is 12.1. The summed E-state index contributed by atoms with van der Waals surface area (Å²) in [5.41, 5.74) is 2.27. The van der Waals surface area contributed by atoms with Crippen LogP contribution >= 0.6 is 12.4 Å². The minimum absolute atomic E-state index is 0. The molecule has 1 amide bonds. The van der Waals surface area contributed by atoms with Gasteiger partial charge in [0.1, 0.15) is 5.75 Å². The van der Waals surface area contributed by atoms with Crippen molar-refractivity contribution in [2.24, 2.45) is 0 Å². The van der Waals surface area contributed by atoms with Gasteiger partial charge in [-0.1, -0.05) is 17.7 Å². The fraction of sp³-hybridized carbons (Fsp3) is 0.533. The standard InChI is InChI=1S/C15H22N2O2.ClH/c1-11-4-5-14(12(2)8-11)19-10-15(18)17-7-6-16-13(3)9-17;/h4-5,8,13,16H,6-7,9-10H2,1-3H3;1H. The number of ether oxygens (including phenoxy) is 1. The fourth-order valence-corrected chi connectivity index (χ4v) is 2.35. The highest BCUT2D eigenvalue weighted by atomic mass is 35.5. The van der Waals surface area contributed by atoms with Crippen molar-refractivity contribution in [2.75, 3.05) is 26.2 Å². The zero-order valence-corrected chi connectivity index (χ0v) is 13.1. The van der Waals surface area contributed by atoms with Gasteiger partial charge in [0, 0.05) is 25.7 Å². The van der Waals surface area contributed by atoms with Crippen LogP contribution in [0.25, 0.3) is 0 Å². The minimum Gasteiger partial charge on any atom is -0.484 e. The Morgan fingerprint density at radius 1 is 1.45 bits per heavy atom. The third kappa shape index (κ3) is 4.39. The molecule has 1 aliphatic rings. The lowest BCUT2D eigenvalue weighted by Crippen LogP contribution is -2.52. The van der Waals surface area contributed by atoms with Crippen molar-refractivity contribution in [3.63, 3.8) is 0 Å². The second-order valence-electron chi connectivity index (χ2n) is 5.25. The summed E-state index contributed by atoms with van der Waals surface area (Å²) in [5.74, 6) is 0.857. The van der Waals surface area contributed by atoms with Gasteiger partial charge in [-0.25, -0.2) is 0 Å².